The summed E-state index contributed by atoms with van der Waals surface area (Å²) in [4.78, 5) is 0. The molecule has 20 heavy (non-hydrogen) atoms. The van der Waals surface area contributed by atoms with E-state index in [4.69, 9.17) is 9.47 Å². The van der Waals surface area contributed by atoms with Crippen LogP contribution in [0.1, 0.15) is 64.2 Å². The lowest BCUT2D eigenvalue weighted by Crippen LogP contribution is -2.44. The molecule has 3 aliphatic rings. The third-order valence-corrected chi connectivity index (χ3v) is 5.27. The Labute approximate surface area is 123 Å². The molecule has 3 fully saturated rings. The van der Waals surface area contributed by atoms with Crippen LogP contribution < -0.4 is 5.32 Å². The fourth-order valence-corrected chi connectivity index (χ4v) is 3.57. The summed E-state index contributed by atoms with van der Waals surface area (Å²) < 4.78 is 12.0. The topological polar surface area (TPSA) is 30.5 Å². The Hall–Kier alpha value is -0.120. The molecule has 2 aliphatic carbocycles. The Morgan fingerprint density at radius 3 is 2.30 bits per heavy atom. The number of hydrogen-bond donors (Lipinski definition) is 1. The Kier molecular flexibility index (Phi) is 5.36. The molecule has 0 unspecified atom stereocenters. The van der Waals surface area contributed by atoms with Gasteiger partial charge in [0.25, 0.3) is 0 Å². The monoisotopic (exact) mass is 281 g/mol. The number of rotatable bonds is 6. The van der Waals surface area contributed by atoms with Crippen LogP contribution in [0.15, 0.2) is 0 Å². The number of hydrogen-bond acceptors (Lipinski definition) is 3. The highest BCUT2D eigenvalue weighted by Crippen LogP contribution is 2.32. The van der Waals surface area contributed by atoms with E-state index in [1.165, 1.54) is 64.2 Å². The Bertz CT molecular complexity index is 277. The second-order valence-electron chi connectivity index (χ2n) is 7.12. The number of nitrogens with one attached hydrogen (secondary N) is 1. The maximum absolute atomic E-state index is 6.55. The van der Waals surface area contributed by atoms with Gasteiger partial charge in [-0.2, -0.15) is 0 Å². The van der Waals surface area contributed by atoms with E-state index in [0.717, 1.165) is 38.3 Å². The van der Waals surface area contributed by atoms with Gasteiger partial charge in [0.15, 0.2) is 0 Å². The summed E-state index contributed by atoms with van der Waals surface area (Å²) >= 11 is 0. The van der Waals surface area contributed by atoms with Crippen LogP contribution in [0.5, 0.6) is 0 Å². The zero-order valence-corrected chi connectivity index (χ0v) is 12.9. The molecule has 3 nitrogen and oxygen atoms in total. The minimum absolute atomic E-state index is 0.136. The average Bonchev–Trinajstić information content (AvgIpc) is 3.32. The standard InChI is InChI=1S/C17H31NO2/c1-2-4-10-17(9-3-1,14-18-16-5-6-16)20-13-15-7-11-19-12-8-15/h15-16,18H,1-14H2. The number of ether oxygens (including phenoxy) is 2. The van der Waals surface area contributed by atoms with Gasteiger partial charge in [0.2, 0.25) is 0 Å². The van der Waals surface area contributed by atoms with Crippen molar-refractivity contribution in [1.82, 2.24) is 5.32 Å². The van der Waals surface area contributed by atoms with Crippen molar-refractivity contribution in [2.75, 3.05) is 26.4 Å². The van der Waals surface area contributed by atoms with Crippen molar-refractivity contribution in [3.63, 3.8) is 0 Å². The first-order valence-electron chi connectivity index (χ1n) is 8.81. The van der Waals surface area contributed by atoms with E-state index >= 15 is 0 Å². The summed E-state index contributed by atoms with van der Waals surface area (Å²) in [7, 11) is 0. The zero-order chi connectivity index (χ0) is 13.7. The average molecular weight is 281 g/mol. The van der Waals surface area contributed by atoms with Crippen molar-refractivity contribution in [3.8, 4) is 0 Å². The van der Waals surface area contributed by atoms with Crippen LogP contribution in [-0.2, 0) is 9.47 Å². The second-order valence-corrected chi connectivity index (χ2v) is 7.12. The Morgan fingerprint density at radius 2 is 1.65 bits per heavy atom. The summed E-state index contributed by atoms with van der Waals surface area (Å²) in [6, 6.07) is 0.793. The van der Waals surface area contributed by atoms with Gasteiger partial charge in [-0.1, -0.05) is 25.7 Å². The molecule has 2 saturated carbocycles. The SMILES string of the molecule is C1CCCC(CNC2CC2)(OCC2CCOCC2)CC1. The maximum Gasteiger partial charge on any atom is 0.0806 e. The summed E-state index contributed by atoms with van der Waals surface area (Å²) in [5.41, 5.74) is 0.136. The lowest BCUT2D eigenvalue weighted by atomic mass is 9.93. The molecule has 1 N–H and O–H groups in total. The highest BCUT2D eigenvalue weighted by atomic mass is 16.5. The minimum Gasteiger partial charge on any atom is -0.381 e. The normalized spacial score (nSPS) is 28.2. The van der Waals surface area contributed by atoms with Crippen molar-refractivity contribution < 1.29 is 9.47 Å². The van der Waals surface area contributed by atoms with Gasteiger partial charge < -0.3 is 14.8 Å². The van der Waals surface area contributed by atoms with E-state index in [-0.39, 0.29) is 5.60 Å². The summed E-state index contributed by atoms with van der Waals surface area (Å²) in [5.74, 6) is 0.727. The van der Waals surface area contributed by atoms with Crippen LogP contribution in [0.2, 0.25) is 0 Å². The van der Waals surface area contributed by atoms with Crippen LogP contribution in [0.3, 0.4) is 0 Å². The van der Waals surface area contributed by atoms with E-state index in [2.05, 4.69) is 5.32 Å². The molecule has 3 rings (SSSR count). The van der Waals surface area contributed by atoms with Gasteiger partial charge in [-0.3, -0.25) is 0 Å². The summed E-state index contributed by atoms with van der Waals surface area (Å²) in [5, 5.41) is 3.73. The van der Waals surface area contributed by atoms with Crippen molar-refractivity contribution in [2.45, 2.75) is 75.9 Å². The maximum atomic E-state index is 6.55. The largest absolute Gasteiger partial charge is 0.381 e. The van der Waals surface area contributed by atoms with Crippen LogP contribution in [0.4, 0.5) is 0 Å². The lowest BCUT2D eigenvalue weighted by molar-refractivity contribution is -0.0827. The van der Waals surface area contributed by atoms with E-state index in [9.17, 15) is 0 Å². The van der Waals surface area contributed by atoms with Crippen molar-refractivity contribution >= 4 is 0 Å². The molecule has 0 radical (unpaired) electrons. The van der Waals surface area contributed by atoms with Gasteiger partial charge in [0.1, 0.15) is 0 Å². The zero-order valence-electron chi connectivity index (χ0n) is 12.9. The fourth-order valence-electron chi connectivity index (χ4n) is 3.57. The molecule has 3 heteroatoms. The van der Waals surface area contributed by atoms with E-state index in [1.54, 1.807) is 0 Å². The molecule has 116 valence electrons. The highest BCUT2D eigenvalue weighted by molar-refractivity contribution is 4.90. The smallest absolute Gasteiger partial charge is 0.0806 e. The van der Waals surface area contributed by atoms with Crippen LogP contribution >= 0.6 is 0 Å². The summed E-state index contributed by atoms with van der Waals surface area (Å²) in [6.07, 6.45) is 13.1. The third-order valence-electron chi connectivity index (χ3n) is 5.27. The van der Waals surface area contributed by atoms with Gasteiger partial charge in [-0.25, -0.2) is 0 Å². The lowest BCUT2D eigenvalue weighted by Gasteiger charge is -2.35. The molecule has 0 amide bonds. The molecule has 0 aromatic rings. The van der Waals surface area contributed by atoms with Gasteiger partial charge >= 0.3 is 0 Å². The van der Waals surface area contributed by atoms with Crippen molar-refractivity contribution in [1.29, 1.82) is 0 Å². The van der Waals surface area contributed by atoms with Crippen LogP contribution in [0.25, 0.3) is 0 Å². The molecule has 0 bridgehead atoms. The van der Waals surface area contributed by atoms with Crippen LogP contribution in [0, 0.1) is 5.92 Å². The predicted molar refractivity (Wildman–Crippen MR) is 81.0 cm³/mol. The molecule has 0 atom stereocenters. The third kappa shape index (κ3) is 4.44. The minimum atomic E-state index is 0.136. The molecule has 0 aromatic carbocycles. The van der Waals surface area contributed by atoms with Gasteiger partial charge in [0.05, 0.1) is 12.2 Å². The first-order chi connectivity index (χ1) is 9.86. The van der Waals surface area contributed by atoms with Gasteiger partial charge in [-0.05, 0) is 44.4 Å². The molecule has 1 heterocycles. The molecule has 0 aromatic heterocycles. The van der Waals surface area contributed by atoms with E-state index < -0.39 is 0 Å². The predicted octanol–water partition coefficient (Wildman–Crippen LogP) is 3.27. The quantitative estimate of drug-likeness (QED) is 0.758. The molecular weight excluding hydrogens is 250 g/mol. The second kappa shape index (κ2) is 7.24. The molecule has 0 spiro atoms. The first-order valence-corrected chi connectivity index (χ1v) is 8.81. The van der Waals surface area contributed by atoms with Crippen molar-refractivity contribution in [3.05, 3.63) is 0 Å². The Balaban J connectivity index is 1.51. The van der Waals surface area contributed by atoms with E-state index in [0.29, 0.717) is 0 Å². The van der Waals surface area contributed by atoms with E-state index in [1.807, 2.05) is 0 Å². The fraction of sp³-hybridized carbons (Fsp3) is 1.00. The molecular formula is C17H31NO2. The summed E-state index contributed by atoms with van der Waals surface area (Å²) in [6.45, 7) is 3.90. The van der Waals surface area contributed by atoms with Crippen molar-refractivity contribution in [2.24, 2.45) is 5.92 Å². The van der Waals surface area contributed by atoms with Crippen LogP contribution in [-0.4, -0.2) is 38.0 Å². The molecule has 1 aliphatic heterocycles. The van der Waals surface area contributed by atoms with Gasteiger partial charge in [0, 0.05) is 25.8 Å². The van der Waals surface area contributed by atoms with Gasteiger partial charge in [-0.15, -0.1) is 0 Å². The first kappa shape index (κ1) is 14.8. The molecule has 1 saturated heterocycles. The Morgan fingerprint density at radius 1 is 0.950 bits per heavy atom. The highest BCUT2D eigenvalue weighted by Gasteiger charge is 2.34.